The van der Waals surface area contributed by atoms with Crippen LogP contribution in [-0.2, 0) is 4.79 Å². The quantitative estimate of drug-likeness (QED) is 0.455. The van der Waals surface area contributed by atoms with Gasteiger partial charge in [0.05, 0.1) is 4.70 Å². The second-order valence-electron chi connectivity index (χ2n) is 10.0. The molecule has 184 valence electrons. The summed E-state index contributed by atoms with van der Waals surface area (Å²) in [6.45, 7) is 8.24. The minimum atomic E-state index is 0.0154. The largest absolute Gasteiger partial charge is 0.353 e. The Kier molecular flexibility index (Phi) is 7.79. The van der Waals surface area contributed by atoms with Crippen LogP contribution in [0, 0.1) is 18.8 Å². The number of anilines is 1. The molecule has 2 heterocycles. The van der Waals surface area contributed by atoms with Gasteiger partial charge in [0, 0.05) is 50.7 Å². The first-order chi connectivity index (χ1) is 17.2. The maximum Gasteiger partial charge on any atom is 0.244 e. The molecule has 2 aromatic carbocycles. The molecule has 1 N–H and O–H groups in total. The normalized spacial score (nSPS) is 21.6. The SMILES string of the molecule is Cc1ccccc1/C=C/C(=O)NC[C@H]1CCCC[C@@H]1CN1CCN(c2nsc3ccccc23)CC1. The Morgan fingerprint density at radius 1 is 1.03 bits per heavy atom. The highest BCUT2D eigenvalue weighted by Crippen LogP contribution is 2.32. The van der Waals surface area contributed by atoms with Crippen molar-refractivity contribution < 1.29 is 4.79 Å². The van der Waals surface area contributed by atoms with Gasteiger partial charge in [0.15, 0.2) is 0 Å². The molecule has 5 rings (SSSR count). The van der Waals surface area contributed by atoms with Gasteiger partial charge >= 0.3 is 0 Å². The van der Waals surface area contributed by atoms with Crippen LogP contribution >= 0.6 is 11.5 Å². The fraction of sp³-hybridized carbons (Fsp3) is 0.448. The lowest BCUT2D eigenvalue weighted by molar-refractivity contribution is -0.116. The Hall–Kier alpha value is -2.70. The van der Waals surface area contributed by atoms with Crippen LogP contribution in [0.25, 0.3) is 16.2 Å². The van der Waals surface area contributed by atoms with Crippen molar-refractivity contribution in [3.05, 3.63) is 65.7 Å². The van der Waals surface area contributed by atoms with Crippen LogP contribution in [0.4, 0.5) is 5.82 Å². The zero-order valence-electron chi connectivity index (χ0n) is 20.7. The number of carbonyl (C=O) groups is 1. The molecule has 1 amide bonds. The van der Waals surface area contributed by atoms with Gasteiger partial charge in [0.1, 0.15) is 5.82 Å². The summed E-state index contributed by atoms with van der Waals surface area (Å²) in [4.78, 5) is 17.6. The predicted molar refractivity (Wildman–Crippen MR) is 147 cm³/mol. The molecule has 2 atom stereocenters. The van der Waals surface area contributed by atoms with Crippen LogP contribution < -0.4 is 10.2 Å². The zero-order valence-corrected chi connectivity index (χ0v) is 21.5. The highest BCUT2D eigenvalue weighted by molar-refractivity contribution is 7.13. The first-order valence-electron chi connectivity index (χ1n) is 13.0. The van der Waals surface area contributed by atoms with E-state index in [2.05, 4.69) is 52.4 Å². The van der Waals surface area contributed by atoms with Crippen LogP contribution in [0.2, 0.25) is 0 Å². The molecule has 0 radical (unpaired) electrons. The molecular formula is C29H36N4OS. The van der Waals surface area contributed by atoms with Crippen molar-refractivity contribution in [3.63, 3.8) is 0 Å². The molecule has 3 aromatic rings. The van der Waals surface area contributed by atoms with Gasteiger partial charge in [-0.3, -0.25) is 9.69 Å². The molecule has 1 aliphatic carbocycles. The van der Waals surface area contributed by atoms with Crippen molar-refractivity contribution in [1.29, 1.82) is 0 Å². The summed E-state index contributed by atoms with van der Waals surface area (Å²) in [7, 11) is 0. The number of rotatable bonds is 7. The Labute approximate surface area is 213 Å². The van der Waals surface area contributed by atoms with Crippen molar-refractivity contribution in [2.45, 2.75) is 32.6 Å². The maximum absolute atomic E-state index is 12.5. The van der Waals surface area contributed by atoms with E-state index in [4.69, 9.17) is 4.37 Å². The predicted octanol–water partition coefficient (Wildman–Crippen LogP) is 5.36. The van der Waals surface area contributed by atoms with Gasteiger partial charge in [-0.15, -0.1) is 0 Å². The van der Waals surface area contributed by atoms with Gasteiger partial charge in [-0.1, -0.05) is 49.2 Å². The highest BCUT2D eigenvalue weighted by Gasteiger charge is 2.29. The monoisotopic (exact) mass is 488 g/mol. The van der Waals surface area contributed by atoms with E-state index in [0.717, 1.165) is 50.6 Å². The van der Waals surface area contributed by atoms with Gasteiger partial charge in [0.25, 0.3) is 0 Å². The molecule has 1 saturated heterocycles. The van der Waals surface area contributed by atoms with Crippen LogP contribution in [-0.4, -0.2) is 54.4 Å². The van der Waals surface area contributed by atoms with E-state index >= 15 is 0 Å². The van der Waals surface area contributed by atoms with E-state index < -0.39 is 0 Å². The second kappa shape index (κ2) is 11.4. The summed E-state index contributed by atoms with van der Waals surface area (Å²) < 4.78 is 6.02. The molecule has 6 heteroatoms. The number of benzene rings is 2. The van der Waals surface area contributed by atoms with Crippen molar-refractivity contribution in [2.24, 2.45) is 11.8 Å². The third-order valence-electron chi connectivity index (χ3n) is 7.73. The van der Waals surface area contributed by atoms with E-state index in [9.17, 15) is 4.79 Å². The second-order valence-corrected chi connectivity index (χ2v) is 10.8. The third kappa shape index (κ3) is 5.93. The number of hydrogen-bond acceptors (Lipinski definition) is 5. The lowest BCUT2D eigenvalue weighted by atomic mass is 9.78. The lowest BCUT2D eigenvalue weighted by Gasteiger charge is -2.40. The summed E-state index contributed by atoms with van der Waals surface area (Å²) in [6, 6.07) is 16.7. The average Bonchev–Trinajstić information content (AvgIpc) is 3.32. The van der Waals surface area contributed by atoms with Crippen LogP contribution in [0.15, 0.2) is 54.6 Å². The molecule has 1 saturated carbocycles. The molecule has 0 spiro atoms. The molecule has 5 nitrogen and oxygen atoms in total. The number of hydrogen-bond donors (Lipinski definition) is 1. The van der Waals surface area contributed by atoms with E-state index in [1.165, 1.54) is 41.3 Å². The number of aromatic nitrogens is 1. The number of nitrogens with zero attached hydrogens (tertiary/aromatic N) is 3. The number of carbonyl (C=O) groups excluding carboxylic acids is 1. The number of nitrogens with one attached hydrogen (secondary N) is 1. The van der Waals surface area contributed by atoms with E-state index in [0.29, 0.717) is 11.8 Å². The minimum absolute atomic E-state index is 0.0154. The van der Waals surface area contributed by atoms with Gasteiger partial charge in [-0.2, -0.15) is 4.37 Å². The van der Waals surface area contributed by atoms with Crippen LogP contribution in [0.1, 0.15) is 36.8 Å². The molecule has 2 aliphatic rings. The third-order valence-corrected chi connectivity index (χ3v) is 8.55. The van der Waals surface area contributed by atoms with Gasteiger partial charge in [-0.05, 0) is 72.5 Å². The number of amides is 1. The lowest BCUT2D eigenvalue weighted by Crippen LogP contribution is -2.49. The fourth-order valence-corrected chi connectivity index (χ4v) is 6.39. The molecule has 35 heavy (non-hydrogen) atoms. The summed E-state index contributed by atoms with van der Waals surface area (Å²) in [5, 5.41) is 4.48. The maximum atomic E-state index is 12.5. The van der Waals surface area contributed by atoms with Crippen LogP contribution in [0.3, 0.4) is 0 Å². The van der Waals surface area contributed by atoms with E-state index in [-0.39, 0.29) is 5.91 Å². The average molecular weight is 489 g/mol. The standard InChI is InChI=1S/C29H36N4OS/c1-22-8-2-3-9-23(22)14-15-28(34)30-20-24-10-4-5-11-25(24)21-32-16-18-33(19-17-32)29-26-12-6-7-13-27(26)35-31-29/h2-3,6-9,12-15,24-25H,4-5,10-11,16-21H2,1H3,(H,30,34)/b15-14+/t24-,25-/m1/s1. The minimum Gasteiger partial charge on any atom is -0.353 e. The summed E-state index contributed by atoms with van der Waals surface area (Å²) >= 11 is 1.60. The Morgan fingerprint density at radius 3 is 2.60 bits per heavy atom. The first kappa shape index (κ1) is 24.0. The van der Waals surface area contributed by atoms with Gasteiger partial charge < -0.3 is 10.2 Å². The molecule has 0 bridgehead atoms. The first-order valence-corrected chi connectivity index (χ1v) is 13.8. The van der Waals surface area contributed by atoms with Crippen molar-refractivity contribution in [1.82, 2.24) is 14.6 Å². The van der Waals surface area contributed by atoms with Crippen molar-refractivity contribution in [2.75, 3.05) is 44.2 Å². The Balaban J connectivity index is 1.11. The Morgan fingerprint density at radius 2 is 1.77 bits per heavy atom. The van der Waals surface area contributed by atoms with Crippen LogP contribution in [0.5, 0.6) is 0 Å². The number of aryl methyl sites for hydroxylation is 1. The van der Waals surface area contributed by atoms with E-state index in [1.54, 1.807) is 17.6 Å². The van der Waals surface area contributed by atoms with Gasteiger partial charge in [0.2, 0.25) is 5.91 Å². The zero-order chi connectivity index (χ0) is 24.0. The molecule has 1 aromatic heterocycles. The smallest absolute Gasteiger partial charge is 0.244 e. The number of piperazine rings is 1. The highest BCUT2D eigenvalue weighted by atomic mass is 32.1. The summed E-state index contributed by atoms with van der Waals surface area (Å²) in [5.41, 5.74) is 2.29. The Bertz CT molecular complexity index is 1160. The van der Waals surface area contributed by atoms with Crippen molar-refractivity contribution in [3.8, 4) is 0 Å². The number of fused-ring (bicyclic) bond motifs is 1. The molecular weight excluding hydrogens is 452 g/mol. The summed E-state index contributed by atoms with van der Waals surface area (Å²) in [5.74, 6) is 2.40. The molecule has 0 unspecified atom stereocenters. The summed E-state index contributed by atoms with van der Waals surface area (Å²) in [6.07, 6.45) is 8.69. The molecule has 1 aliphatic heterocycles. The topological polar surface area (TPSA) is 48.5 Å². The molecule has 2 fully saturated rings. The van der Waals surface area contributed by atoms with E-state index in [1.807, 2.05) is 24.3 Å². The van der Waals surface area contributed by atoms with Crippen molar-refractivity contribution >= 4 is 39.4 Å². The van der Waals surface area contributed by atoms with Gasteiger partial charge in [-0.25, -0.2) is 0 Å². The fourth-order valence-electron chi connectivity index (χ4n) is 5.60.